The maximum Gasteiger partial charge on any atom is 0.191 e. The van der Waals surface area contributed by atoms with Gasteiger partial charge >= 0.3 is 0 Å². The van der Waals surface area contributed by atoms with E-state index < -0.39 is 0 Å². The average Bonchev–Trinajstić information content (AvgIpc) is 2.80. The van der Waals surface area contributed by atoms with Crippen molar-refractivity contribution in [1.29, 1.82) is 0 Å². The molecule has 0 amide bonds. The van der Waals surface area contributed by atoms with Crippen molar-refractivity contribution in [1.82, 2.24) is 14.8 Å². The van der Waals surface area contributed by atoms with Crippen molar-refractivity contribution in [3.8, 4) is 0 Å². The van der Waals surface area contributed by atoms with E-state index in [1.165, 1.54) is 11.1 Å². The van der Waals surface area contributed by atoms with Gasteiger partial charge in [-0.3, -0.25) is 0 Å². The van der Waals surface area contributed by atoms with Crippen LogP contribution < -0.4 is 5.73 Å². The Hall–Kier alpha value is -1.33. The fraction of sp³-hybridized carbons (Fsp3) is 0.429. The molecule has 1 aromatic heterocycles. The lowest BCUT2D eigenvalue weighted by Crippen LogP contribution is -2.26. The zero-order valence-corrected chi connectivity index (χ0v) is 12.4. The molecule has 2 N–H and O–H groups in total. The van der Waals surface area contributed by atoms with E-state index in [1.807, 2.05) is 11.6 Å². The maximum atomic E-state index is 6.29. The van der Waals surface area contributed by atoms with Gasteiger partial charge in [-0.05, 0) is 18.9 Å². The molecule has 1 heterocycles. The topological polar surface area (TPSA) is 56.7 Å². The maximum absolute atomic E-state index is 6.29. The average molecular weight is 276 g/mol. The highest BCUT2D eigenvalue weighted by Crippen LogP contribution is 2.37. The summed E-state index contributed by atoms with van der Waals surface area (Å²) >= 11 is 1.68. The van der Waals surface area contributed by atoms with Crippen molar-refractivity contribution in [2.24, 2.45) is 12.8 Å². The van der Waals surface area contributed by atoms with E-state index in [0.29, 0.717) is 0 Å². The van der Waals surface area contributed by atoms with Gasteiger partial charge in [-0.25, -0.2) is 0 Å². The molecular formula is C14H20N4S. The van der Waals surface area contributed by atoms with Crippen LogP contribution in [-0.4, -0.2) is 20.8 Å². The molecule has 5 heteroatoms. The van der Waals surface area contributed by atoms with Gasteiger partial charge in [-0.15, -0.1) is 10.2 Å². The standard InChI is InChI=1S/C14H20N4S/c1-4-12(15)13(11-7-5-6-10(2)8-11)19-14-17-16-9-18(14)3/h5-9,12-13H,4,15H2,1-3H3. The van der Waals surface area contributed by atoms with Crippen LogP contribution in [0.2, 0.25) is 0 Å². The molecule has 19 heavy (non-hydrogen) atoms. The molecule has 0 fully saturated rings. The van der Waals surface area contributed by atoms with Crippen LogP contribution in [0.25, 0.3) is 0 Å². The predicted molar refractivity (Wildman–Crippen MR) is 79.0 cm³/mol. The van der Waals surface area contributed by atoms with Gasteiger partial charge in [-0.1, -0.05) is 48.5 Å². The second-order valence-electron chi connectivity index (χ2n) is 4.75. The quantitative estimate of drug-likeness (QED) is 0.853. The van der Waals surface area contributed by atoms with E-state index in [9.17, 15) is 0 Å². The summed E-state index contributed by atoms with van der Waals surface area (Å²) in [5.74, 6) is 0. The number of hydrogen-bond acceptors (Lipinski definition) is 4. The minimum absolute atomic E-state index is 0.100. The highest BCUT2D eigenvalue weighted by molar-refractivity contribution is 7.99. The van der Waals surface area contributed by atoms with Crippen molar-refractivity contribution in [2.75, 3.05) is 0 Å². The molecule has 1 aromatic carbocycles. The van der Waals surface area contributed by atoms with Gasteiger partial charge in [0.05, 0.1) is 5.25 Å². The Morgan fingerprint density at radius 1 is 1.42 bits per heavy atom. The first kappa shape index (κ1) is 14.1. The van der Waals surface area contributed by atoms with Crippen molar-refractivity contribution in [3.63, 3.8) is 0 Å². The number of hydrogen-bond donors (Lipinski definition) is 1. The lowest BCUT2D eigenvalue weighted by molar-refractivity contribution is 0.630. The number of aromatic nitrogens is 3. The Kier molecular flexibility index (Phi) is 4.61. The fourth-order valence-electron chi connectivity index (χ4n) is 1.96. The molecule has 2 aromatic rings. The van der Waals surface area contributed by atoms with E-state index in [1.54, 1.807) is 18.1 Å². The van der Waals surface area contributed by atoms with Crippen LogP contribution in [0.3, 0.4) is 0 Å². The van der Waals surface area contributed by atoms with Gasteiger partial charge in [0.25, 0.3) is 0 Å². The monoisotopic (exact) mass is 276 g/mol. The third kappa shape index (κ3) is 3.36. The fourth-order valence-corrected chi connectivity index (χ4v) is 3.14. The van der Waals surface area contributed by atoms with Crippen LogP contribution in [0.15, 0.2) is 35.7 Å². The van der Waals surface area contributed by atoms with Crippen LogP contribution in [0.4, 0.5) is 0 Å². The largest absolute Gasteiger partial charge is 0.326 e. The number of nitrogens with two attached hydrogens (primary N) is 1. The summed E-state index contributed by atoms with van der Waals surface area (Å²) in [4.78, 5) is 0. The molecule has 2 unspecified atom stereocenters. The number of rotatable bonds is 5. The Bertz CT molecular complexity index is 538. The molecule has 2 atom stereocenters. The van der Waals surface area contributed by atoms with Crippen LogP contribution >= 0.6 is 11.8 Å². The Morgan fingerprint density at radius 3 is 2.79 bits per heavy atom. The summed E-state index contributed by atoms with van der Waals surface area (Å²) < 4.78 is 1.93. The van der Waals surface area contributed by atoms with E-state index >= 15 is 0 Å². The number of thioether (sulfide) groups is 1. The smallest absolute Gasteiger partial charge is 0.191 e. The van der Waals surface area contributed by atoms with Crippen molar-refractivity contribution in [3.05, 3.63) is 41.7 Å². The molecule has 0 saturated carbocycles. The summed E-state index contributed by atoms with van der Waals surface area (Å²) in [6.45, 7) is 4.22. The van der Waals surface area contributed by atoms with Gasteiger partial charge in [0.1, 0.15) is 6.33 Å². The van der Waals surface area contributed by atoms with Crippen LogP contribution in [0, 0.1) is 6.92 Å². The normalized spacial score (nSPS) is 14.3. The molecule has 0 aliphatic carbocycles. The highest BCUT2D eigenvalue weighted by Gasteiger charge is 2.22. The molecule has 0 aliphatic heterocycles. The lowest BCUT2D eigenvalue weighted by Gasteiger charge is -2.22. The lowest BCUT2D eigenvalue weighted by atomic mass is 10.0. The molecule has 0 aliphatic rings. The van der Waals surface area contributed by atoms with Crippen LogP contribution in [0.1, 0.15) is 29.7 Å². The number of aryl methyl sites for hydroxylation is 2. The third-order valence-electron chi connectivity index (χ3n) is 3.13. The van der Waals surface area contributed by atoms with Crippen molar-refractivity contribution in [2.45, 2.75) is 36.7 Å². The summed E-state index contributed by atoms with van der Waals surface area (Å²) in [7, 11) is 1.95. The minimum atomic E-state index is 0.100. The number of benzene rings is 1. The second kappa shape index (κ2) is 6.21. The summed E-state index contributed by atoms with van der Waals surface area (Å²) in [6.07, 6.45) is 2.65. The van der Waals surface area contributed by atoms with Gasteiger partial charge in [0.2, 0.25) is 0 Å². The second-order valence-corrected chi connectivity index (χ2v) is 5.86. The van der Waals surface area contributed by atoms with Gasteiger partial charge < -0.3 is 10.3 Å². The van der Waals surface area contributed by atoms with Crippen molar-refractivity contribution >= 4 is 11.8 Å². The van der Waals surface area contributed by atoms with E-state index in [4.69, 9.17) is 5.73 Å². The first-order chi connectivity index (χ1) is 9.11. The van der Waals surface area contributed by atoms with Gasteiger partial charge in [0.15, 0.2) is 5.16 Å². The zero-order valence-electron chi connectivity index (χ0n) is 11.6. The van der Waals surface area contributed by atoms with Crippen LogP contribution in [0.5, 0.6) is 0 Å². The van der Waals surface area contributed by atoms with Gasteiger partial charge in [-0.2, -0.15) is 0 Å². The molecule has 0 bridgehead atoms. The molecule has 2 rings (SSSR count). The first-order valence-electron chi connectivity index (χ1n) is 6.44. The van der Waals surface area contributed by atoms with E-state index in [2.05, 4.69) is 48.3 Å². The molecule has 0 radical (unpaired) electrons. The Labute approximate surface area is 118 Å². The summed E-state index contributed by atoms with van der Waals surface area (Å²) in [6, 6.07) is 8.62. The Balaban J connectivity index is 2.29. The summed E-state index contributed by atoms with van der Waals surface area (Å²) in [5.41, 5.74) is 8.79. The SMILES string of the molecule is CCC(N)C(Sc1nncn1C)c1cccc(C)c1. The molecule has 102 valence electrons. The van der Waals surface area contributed by atoms with Crippen LogP contribution in [-0.2, 0) is 7.05 Å². The molecule has 0 spiro atoms. The van der Waals surface area contributed by atoms with E-state index in [-0.39, 0.29) is 11.3 Å². The Morgan fingerprint density at radius 2 is 2.21 bits per heavy atom. The predicted octanol–water partition coefficient (Wildman–Crippen LogP) is 2.69. The summed E-state index contributed by atoms with van der Waals surface area (Å²) in [5, 5.41) is 9.16. The number of nitrogens with zero attached hydrogens (tertiary/aromatic N) is 3. The van der Waals surface area contributed by atoms with Gasteiger partial charge in [0, 0.05) is 13.1 Å². The molecular weight excluding hydrogens is 256 g/mol. The highest BCUT2D eigenvalue weighted by atomic mass is 32.2. The third-order valence-corrected chi connectivity index (χ3v) is 4.59. The van der Waals surface area contributed by atoms with E-state index in [0.717, 1.165) is 11.6 Å². The first-order valence-corrected chi connectivity index (χ1v) is 7.32. The zero-order chi connectivity index (χ0) is 13.8. The molecule has 0 saturated heterocycles. The molecule has 4 nitrogen and oxygen atoms in total. The minimum Gasteiger partial charge on any atom is -0.326 e. The van der Waals surface area contributed by atoms with Crippen molar-refractivity contribution < 1.29 is 0 Å².